The Morgan fingerprint density at radius 1 is 1.19 bits per heavy atom. The number of nitrogens with one attached hydrogen (secondary N) is 1. The van der Waals surface area contributed by atoms with Gasteiger partial charge in [-0.3, -0.25) is 9.48 Å². The predicted octanol–water partition coefficient (Wildman–Crippen LogP) is 3.58. The average Bonchev–Trinajstić information content (AvgIpc) is 3.22. The number of nitrogens with zero attached hydrogens (tertiary/aromatic N) is 2. The summed E-state index contributed by atoms with van der Waals surface area (Å²) in [4.78, 5) is 13.0. The van der Waals surface area contributed by atoms with E-state index in [0.717, 1.165) is 11.8 Å². The van der Waals surface area contributed by atoms with Crippen molar-refractivity contribution in [1.29, 1.82) is 0 Å². The molecule has 0 saturated heterocycles. The summed E-state index contributed by atoms with van der Waals surface area (Å²) < 4.78 is 37.1. The number of carbonyl (C=O) groups excluding carboxylic acids is 1. The zero-order valence-corrected chi connectivity index (χ0v) is 18.5. The Hall–Kier alpha value is -3.33. The van der Waals surface area contributed by atoms with E-state index >= 15 is 0 Å². The van der Waals surface area contributed by atoms with Crippen LogP contribution in [0.1, 0.15) is 29.8 Å². The van der Waals surface area contributed by atoms with Gasteiger partial charge in [-0.05, 0) is 50.2 Å². The van der Waals surface area contributed by atoms with E-state index in [9.17, 15) is 13.2 Å². The molecule has 1 aromatic heterocycles. The normalized spacial score (nSPS) is 14.6. The van der Waals surface area contributed by atoms with Gasteiger partial charge >= 0.3 is 0 Å². The molecule has 0 bridgehead atoms. The largest absolute Gasteiger partial charge is 0.487 e. The highest BCUT2D eigenvalue weighted by atomic mass is 32.2. The SMILES string of the molecule is Cn1ccc(NC(=O)c2cc(Oc3ccc(S(C)(=O)=O)cc3)c3c(c2)OC(C)(C)C3)n1. The number of aromatic nitrogens is 2. The smallest absolute Gasteiger partial charge is 0.257 e. The lowest BCUT2D eigenvalue weighted by Gasteiger charge is -2.16. The molecule has 2 heterocycles. The van der Waals surface area contributed by atoms with Gasteiger partial charge in [-0.15, -0.1) is 0 Å². The Kier molecular flexibility index (Phi) is 5.01. The van der Waals surface area contributed by atoms with Crippen molar-refractivity contribution >= 4 is 21.6 Å². The summed E-state index contributed by atoms with van der Waals surface area (Å²) in [6, 6.07) is 11.2. The Bertz CT molecular complexity index is 1260. The van der Waals surface area contributed by atoms with Gasteiger partial charge in [0.15, 0.2) is 15.7 Å². The van der Waals surface area contributed by atoms with E-state index in [1.54, 1.807) is 48.3 Å². The van der Waals surface area contributed by atoms with Crippen LogP contribution >= 0.6 is 0 Å². The van der Waals surface area contributed by atoms with Crippen LogP contribution in [-0.2, 0) is 23.3 Å². The number of aryl methyl sites for hydroxylation is 1. The summed E-state index contributed by atoms with van der Waals surface area (Å²) in [5.74, 6) is 1.63. The highest BCUT2D eigenvalue weighted by Crippen LogP contribution is 2.43. The molecule has 0 atom stereocenters. The number of hydrogen-bond donors (Lipinski definition) is 1. The number of rotatable bonds is 5. The van der Waals surface area contributed by atoms with Crippen LogP contribution in [0.4, 0.5) is 5.82 Å². The van der Waals surface area contributed by atoms with Gasteiger partial charge in [0.2, 0.25) is 0 Å². The standard InChI is InChI=1S/C22H23N3O5S/c1-22(2)13-17-18(29-15-5-7-16(8-6-15)31(4,27)28)11-14(12-19(17)30-22)21(26)23-20-9-10-25(3)24-20/h5-12H,13H2,1-4H3,(H,23,24,26). The maximum atomic E-state index is 12.8. The number of sulfone groups is 1. The molecule has 162 valence electrons. The number of hydrogen-bond acceptors (Lipinski definition) is 6. The van der Waals surface area contributed by atoms with Crippen LogP contribution in [-0.4, -0.2) is 36.0 Å². The van der Waals surface area contributed by atoms with Crippen LogP contribution in [0.15, 0.2) is 53.6 Å². The van der Waals surface area contributed by atoms with Crippen LogP contribution in [0.2, 0.25) is 0 Å². The van der Waals surface area contributed by atoms with Gasteiger partial charge in [0.25, 0.3) is 5.91 Å². The molecular weight excluding hydrogens is 418 g/mol. The fourth-order valence-electron chi connectivity index (χ4n) is 3.42. The molecule has 1 aliphatic rings. The van der Waals surface area contributed by atoms with Gasteiger partial charge in [-0.1, -0.05) is 0 Å². The van der Waals surface area contributed by atoms with Crippen molar-refractivity contribution in [2.45, 2.75) is 30.8 Å². The summed E-state index contributed by atoms with van der Waals surface area (Å²) in [5.41, 5.74) is 0.785. The second-order valence-corrected chi connectivity index (χ2v) is 10.2. The van der Waals surface area contributed by atoms with Gasteiger partial charge in [-0.25, -0.2) is 8.42 Å². The molecule has 0 unspecified atom stereocenters. The first-order valence-electron chi connectivity index (χ1n) is 9.65. The fourth-order valence-corrected chi connectivity index (χ4v) is 4.05. The van der Waals surface area contributed by atoms with E-state index in [2.05, 4.69) is 10.4 Å². The van der Waals surface area contributed by atoms with Crippen LogP contribution < -0.4 is 14.8 Å². The molecule has 1 amide bonds. The van der Waals surface area contributed by atoms with E-state index in [0.29, 0.717) is 35.1 Å². The zero-order chi connectivity index (χ0) is 22.4. The van der Waals surface area contributed by atoms with Crippen molar-refractivity contribution in [3.05, 3.63) is 59.8 Å². The Balaban J connectivity index is 1.67. The zero-order valence-electron chi connectivity index (χ0n) is 17.7. The molecule has 1 N–H and O–H groups in total. The molecule has 2 aromatic carbocycles. The minimum atomic E-state index is -3.30. The van der Waals surface area contributed by atoms with Gasteiger partial charge in [0, 0.05) is 43.1 Å². The van der Waals surface area contributed by atoms with Gasteiger partial charge in [-0.2, -0.15) is 5.10 Å². The topological polar surface area (TPSA) is 99.5 Å². The van der Waals surface area contributed by atoms with Gasteiger partial charge in [0.05, 0.1) is 4.90 Å². The molecule has 0 saturated carbocycles. The van der Waals surface area contributed by atoms with Crippen molar-refractivity contribution in [1.82, 2.24) is 9.78 Å². The Labute approximate surface area is 180 Å². The Morgan fingerprint density at radius 3 is 2.52 bits per heavy atom. The van der Waals surface area contributed by atoms with Crippen molar-refractivity contribution in [3.63, 3.8) is 0 Å². The summed E-state index contributed by atoms with van der Waals surface area (Å²) >= 11 is 0. The second-order valence-electron chi connectivity index (χ2n) is 8.16. The van der Waals surface area contributed by atoms with E-state index in [4.69, 9.17) is 9.47 Å². The minimum Gasteiger partial charge on any atom is -0.487 e. The number of carbonyl (C=O) groups is 1. The predicted molar refractivity (Wildman–Crippen MR) is 116 cm³/mol. The van der Waals surface area contributed by atoms with Crippen LogP contribution in [0.3, 0.4) is 0 Å². The van der Waals surface area contributed by atoms with Crippen molar-refractivity contribution < 1.29 is 22.7 Å². The third-order valence-electron chi connectivity index (χ3n) is 4.85. The van der Waals surface area contributed by atoms with E-state index in [1.807, 2.05) is 13.8 Å². The molecule has 0 aliphatic carbocycles. The molecule has 3 aromatic rings. The highest BCUT2D eigenvalue weighted by Gasteiger charge is 2.34. The molecule has 8 nitrogen and oxygen atoms in total. The van der Waals surface area contributed by atoms with Crippen molar-refractivity contribution in [3.8, 4) is 17.2 Å². The molecular formula is C22H23N3O5S. The molecule has 4 rings (SSSR count). The maximum absolute atomic E-state index is 12.8. The molecule has 31 heavy (non-hydrogen) atoms. The van der Waals surface area contributed by atoms with Crippen LogP contribution in [0.5, 0.6) is 17.2 Å². The van der Waals surface area contributed by atoms with Gasteiger partial charge in [0.1, 0.15) is 22.8 Å². The lowest BCUT2D eigenvalue weighted by atomic mass is 9.99. The number of anilines is 1. The minimum absolute atomic E-state index is 0.207. The highest BCUT2D eigenvalue weighted by molar-refractivity contribution is 7.90. The van der Waals surface area contributed by atoms with Crippen LogP contribution in [0, 0.1) is 0 Å². The van der Waals surface area contributed by atoms with Crippen LogP contribution in [0.25, 0.3) is 0 Å². The summed E-state index contributed by atoms with van der Waals surface area (Å²) in [6.45, 7) is 3.93. The molecule has 1 aliphatic heterocycles. The fraction of sp³-hybridized carbons (Fsp3) is 0.273. The maximum Gasteiger partial charge on any atom is 0.257 e. The molecule has 0 spiro atoms. The van der Waals surface area contributed by atoms with E-state index < -0.39 is 15.4 Å². The third-order valence-corrected chi connectivity index (χ3v) is 5.98. The third kappa shape index (κ3) is 4.56. The quantitative estimate of drug-likeness (QED) is 0.650. The van der Waals surface area contributed by atoms with Gasteiger partial charge < -0.3 is 14.8 Å². The molecule has 9 heteroatoms. The lowest BCUT2D eigenvalue weighted by molar-refractivity contribution is 0.102. The summed E-state index contributed by atoms with van der Waals surface area (Å²) in [5, 5.41) is 6.92. The van der Waals surface area contributed by atoms with E-state index in [-0.39, 0.29) is 10.8 Å². The summed E-state index contributed by atoms with van der Waals surface area (Å²) in [6.07, 6.45) is 3.50. The Morgan fingerprint density at radius 2 is 1.90 bits per heavy atom. The van der Waals surface area contributed by atoms with Crippen molar-refractivity contribution in [2.24, 2.45) is 7.05 Å². The summed E-state index contributed by atoms with van der Waals surface area (Å²) in [7, 11) is -1.53. The first kappa shape index (κ1) is 20.9. The van der Waals surface area contributed by atoms with Crippen molar-refractivity contribution in [2.75, 3.05) is 11.6 Å². The number of fused-ring (bicyclic) bond motifs is 1. The number of amides is 1. The lowest BCUT2D eigenvalue weighted by Crippen LogP contribution is -2.24. The van der Waals surface area contributed by atoms with E-state index in [1.165, 1.54) is 12.1 Å². The average molecular weight is 442 g/mol. The first-order chi connectivity index (χ1) is 14.5. The monoisotopic (exact) mass is 441 g/mol. The molecule has 0 radical (unpaired) electrons. The first-order valence-corrected chi connectivity index (χ1v) is 11.5. The molecule has 0 fully saturated rings. The number of ether oxygens (including phenoxy) is 2. The number of benzene rings is 2. The second kappa shape index (κ2) is 7.42.